The topological polar surface area (TPSA) is 105 Å². The standard InChI is InChI=1S/C12H10N6O3/c1-21-12(20)10-6-17(15-14-10)7-18-11(19)8-4-2-3-5-9(8)13-16-18/h2-6H,7H2,1H3. The smallest absolute Gasteiger partial charge is 0.360 e. The third kappa shape index (κ3) is 2.36. The molecule has 9 heteroatoms. The molecule has 3 rings (SSSR count). The average molecular weight is 286 g/mol. The number of esters is 1. The molecule has 0 aliphatic rings. The van der Waals surface area contributed by atoms with Gasteiger partial charge in [-0.3, -0.25) is 4.79 Å². The Hall–Kier alpha value is -3.10. The van der Waals surface area contributed by atoms with Crippen LogP contribution in [0.25, 0.3) is 10.9 Å². The lowest BCUT2D eigenvalue weighted by molar-refractivity contribution is 0.0594. The van der Waals surface area contributed by atoms with Crippen LogP contribution in [-0.2, 0) is 11.4 Å². The summed E-state index contributed by atoms with van der Waals surface area (Å²) >= 11 is 0. The van der Waals surface area contributed by atoms with Crippen molar-refractivity contribution in [3.8, 4) is 0 Å². The summed E-state index contributed by atoms with van der Waals surface area (Å²) < 4.78 is 6.97. The first-order chi connectivity index (χ1) is 10.2. The molecular weight excluding hydrogens is 276 g/mol. The van der Waals surface area contributed by atoms with Crippen LogP contribution in [0.3, 0.4) is 0 Å². The minimum atomic E-state index is -0.599. The predicted octanol–water partition coefficient (Wildman–Crippen LogP) is -0.325. The van der Waals surface area contributed by atoms with E-state index < -0.39 is 5.97 Å². The molecular formula is C12H10N6O3. The lowest BCUT2D eigenvalue weighted by Crippen LogP contribution is -2.27. The van der Waals surface area contributed by atoms with Gasteiger partial charge >= 0.3 is 5.97 Å². The van der Waals surface area contributed by atoms with Crippen molar-refractivity contribution in [2.45, 2.75) is 6.67 Å². The molecule has 0 fully saturated rings. The van der Waals surface area contributed by atoms with Crippen LogP contribution in [-0.4, -0.2) is 43.1 Å². The minimum Gasteiger partial charge on any atom is -0.464 e. The van der Waals surface area contributed by atoms with Gasteiger partial charge in [-0.15, -0.1) is 10.2 Å². The first-order valence-corrected chi connectivity index (χ1v) is 6.00. The van der Waals surface area contributed by atoms with Crippen LogP contribution in [0.15, 0.2) is 35.3 Å². The highest BCUT2D eigenvalue weighted by atomic mass is 16.5. The summed E-state index contributed by atoms with van der Waals surface area (Å²) in [5.74, 6) is -0.599. The van der Waals surface area contributed by atoms with E-state index in [1.54, 1.807) is 24.3 Å². The lowest BCUT2D eigenvalue weighted by atomic mass is 10.2. The van der Waals surface area contributed by atoms with Gasteiger partial charge < -0.3 is 4.74 Å². The van der Waals surface area contributed by atoms with Crippen molar-refractivity contribution in [1.29, 1.82) is 0 Å². The molecule has 0 aliphatic carbocycles. The summed E-state index contributed by atoms with van der Waals surface area (Å²) in [4.78, 5) is 23.5. The summed E-state index contributed by atoms with van der Waals surface area (Å²) in [6.45, 7) is 0.000657. The van der Waals surface area contributed by atoms with Gasteiger partial charge in [0.05, 0.1) is 18.7 Å². The Kier molecular flexibility index (Phi) is 3.14. The van der Waals surface area contributed by atoms with E-state index in [1.807, 2.05) is 0 Å². The van der Waals surface area contributed by atoms with Gasteiger partial charge in [0.1, 0.15) is 12.2 Å². The van der Waals surface area contributed by atoms with E-state index >= 15 is 0 Å². The molecule has 106 valence electrons. The molecule has 0 N–H and O–H groups in total. The largest absolute Gasteiger partial charge is 0.464 e. The normalized spacial score (nSPS) is 10.7. The molecule has 0 bridgehead atoms. The number of rotatable bonds is 3. The van der Waals surface area contributed by atoms with Crippen molar-refractivity contribution in [1.82, 2.24) is 30.0 Å². The van der Waals surface area contributed by atoms with Gasteiger partial charge in [0.25, 0.3) is 5.56 Å². The zero-order valence-corrected chi connectivity index (χ0v) is 11.0. The van der Waals surface area contributed by atoms with Crippen LogP contribution in [0, 0.1) is 0 Å². The van der Waals surface area contributed by atoms with Crippen molar-refractivity contribution in [3.05, 3.63) is 46.5 Å². The summed E-state index contributed by atoms with van der Waals surface area (Å²) in [6.07, 6.45) is 1.37. The van der Waals surface area contributed by atoms with Crippen molar-refractivity contribution in [3.63, 3.8) is 0 Å². The van der Waals surface area contributed by atoms with E-state index in [4.69, 9.17) is 0 Å². The maximum Gasteiger partial charge on any atom is 0.360 e. The molecule has 2 heterocycles. The number of benzene rings is 1. The number of fused-ring (bicyclic) bond motifs is 1. The molecule has 0 saturated carbocycles. The van der Waals surface area contributed by atoms with Gasteiger partial charge in [0.15, 0.2) is 5.69 Å². The second-order valence-electron chi connectivity index (χ2n) is 4.19. The van der Waals surface area contributed by atoms with E-state index in [0.717, 1.165) is 4.68 Å². The lowest BCUT2D eigenvalue weighted by Gasteiger charge is -2.03. The molecule has 0 saturated heterocycles. The predicted molar refractivity (Wildman–Crippen MR) is 70.6 cm³/mol. The molecule has 0 atom stereocenters. The fourth-order valence-electron chi connectivity index (χ4n) is 1.82. The van der Waals surface area contributed by atoms with E-state index in [1.165, 1.54) is 18.0 Å². The van der Waals surface area contributed by atoms with Crippen molar-refractivity contribution >= 4 is 16.9 Å². The van der Waals surface area contributed by atoms with E-state index in [9.17, 15) is 9.59 Å². The highest BCUT2D eigenvalue weighted by Gasteiger charge is 2.12. The number of ether oxygens (including phenoxy) is 1. The van der Waals surface area contributed by atoms with Gasteiger partial charge in [-0.05, 0) is 12.1 Å². The van der Waals surface area contributed by atoms with Crippen LogP contribution in [0.5, 0.6) is 0 Å². The monoisotopic (exact) mass is 286 g/mol. The first kappa shape index (κ1) is 12.9. The van der Waals surface area contributed by atoms with Gasteiger partial charge in [0.2, 0.25) is 0 Å². The van der Waals surface area contributed by atoms with Crippen molar-refractivity contribution in [2.75, 3.05) is 7.11 Å². The van der Waals surface area contributed by atoms with Crippen molar-refractivity contribution in [2.24, 2.45) is 0 Å². The fraction of sp³-hybridized carbons (Fsp3) is 0.167. The second-order valence-corrected chi connectivity index (χ2v) is 4.19. The van der Waals surface area contributed by atoms with Crippen LogP contribution >= 0.6 is 0 Å². The maximum atomic E-state index is 12.2. The molecule has 2 aromatic heterocycles. The summed E-state index contributed by atoms with van der Waals surface area (Å²) in [7, 11) is 1.25. The van der Waals surface area contributed by atoms with E-state index in [2.05, 4.69) is 25.4 Å². The summed E-state index contributed by atoms with van der Waals surface area (Å²) in [5, 5.41) is 15.6. The van der Waals surface area contributed by atoms with Gasteiger partial charge in [-0.1, -0.05) is 22.6 Å². The first-order valence-electron chi connectivity index (χ1n) is 6.00. The van der Waals surface area contributed by atoms with Crippen LogP contribution in [0.4, 0.5) is 0 Å². The van der Waals surface area contributed by atoms with Crippen LogP contribution in [0.1, 0.15) is 10.5 Å². The maximum absolute atomic E-state index is 12.2. The molecule has 0 amide bonds. The van der Waals surface area contributed by atoms with E-state index in [0.29, 0.717) is 10.9 Å². The second kappa shape index (κ2) is 5.12. The van der Waals surface area contributed by atoms with Crippen LogP contribution in [0.2, 0.25) is 0 Å². The molecule has 21 heavy (non-hydrogen) atoms. The number of hydrogen-bond donors (Lipinski definition) is 0. The SMILES string of the molecule is COC(=O)c1cn(Cn2nnc3ccccc3c2=O)nn1. The number of nitrogens with zero attached hydrogens (tertiary/aromatic N) is 6. The number of methoxy groups -OCH3 is 1. The van der Waals surface area contributed by atoms with Gasteiger partial charge in [0, 0.05) is 0 Å². The molecule has 3 aromatic rings. The van der Waals surface area contributed by atoms with Crippen LogP contribution < -0.4 is 5.56 Å². The quantitative estimate of drug-likeness (QED) is 0.607. The molecule has 0 spiro atoms. The van der Waals surface area contributed by atoms with Crippen molar-refractivity contribution < 1.29 is 9.53 Å². The Balaban J connectivity index is 1.95. The average Bonchev–Trinajstić information content (AvgIpc) is 2.98. The third-order valence-corrected chi connectivity index (χ3v) is 2.84. The highest BCUT2D eigenvalue weighted by Crippen LogP contribution is 2.03. The number of carbonyl (C=O) groups is 1. The summed E-state index contributed by atoms with van der Waals surface area (Å²) in [6, 6.07) is 6.91. The zero-order chi connectivity index (χ0) is 14.8. The molecule has 0 unspecified atom stereocenters. The number of carbonyl (C=O) groups excluding carboxylic acids is 1. The van der Waals surface area contributed by atoms with Gasteiger partial charge in [-0.2, -0.15) is 4.68 Å². The zero-order valence-electron chi connectivity index (χ0n) is 11.0. The highest BCUT2D eigenvalue weighted by molar-refractivity contribution is 5.86. The Labute approximate surface area is 117 Å². The molecule has 0 aliphatic heterocycles. The Bertz CT molecular complexity index is 869. The molecule has 0 radical (unpaired) electrons. The minimum absolute atomic E-state index is 0.000657. The summed E-state index contributed by atoms with van der Waals surface area (Å²) in [5.41, 5.74) is 0.280. The Morgan fingerprint density at radius 1 is 1.24 bits per heavy atom. The van der Waals surface area contributed by atoms with Gasteiger partial charge in [-0.25, -0.2) is 9.48 Å². The number of hydrogen-bond acceptors (Lipinski definition) is 7. The molecule has 1 aromatic carbocycles. The Morgan fingerprint density at radius 3 is 2.86 bits per heavy atom. The van der Waals surface area contributed by atoms with E-state index in [-0.39, 0.29) is 17.9 Å². The third-order valence-electron chi connectivity index (χ3n) is 2.84. The fourth-order valence-corrected chi connectivity index (χ4v) is 1.82. The molecule has 9 nitrogen and oxygen atoms in total. The Morgan fingerprint density at radius 2 is 2.05 bits per heavy atom. The number of aromatic nitrogens is 6.